The van der Waals surface area contributed by atoms with Gasteiger partial charge in [-0.2, -0.15) is 9.36 Å². The summed E-state index contributed by atoms with van der Waals surface area (Å²) in [7, 11) is 0. The number of carboxylic acid groups (broad SMARTS) is 1. The first-order valence-corrected chi connectivity index (χ1v) is 10.8. The van der Waals surface area contributed by atoms with Gasteiger partial charge in [0.2, 0.25) is 11.5 Å². The van der Waals surface area contributed by atoms with Gasteiger partial charge in [-0.15, -0.1) is 11.8 Å². The number of carboxylic acids is 1. The van der Waals surface area contributed by atoms with E-state index in [1.54, 1.807) is 6.92 Å². The van der Waals surface area contributed by atoms with Crippen LogP contribution in [-0.4, -0.2) is 65.6 Å². The van der Waals surface area contributed by atoms with Crippen molar-refractivity contribution in [1.29, 1.82) is 0 Å². The first-order valence-electron chi connectivity index (χ1n) is 9.08. The van der Waals surface area contributed by atoms with Crippen molar-refractivity contribution >= 4 is 51.9 Å². The van der Waals surface area contributed by atoms with Crippen LogP contribution in [0.1, 0.15) is 25.6 Å². The Hall–Kier alpha value is -2.93. The van der Waals surface area contributed by atoms with Crippen molar-refractivity contribution in [2.75, 3.05) is 5.73 Å². The molecular weight excluding hydrogens is 432 g/mol. The number of anilines is 1. The van der Waals surface area contributed by atoms with Crippen LogP contribution in [-0.2, 0) is 19.2 Å². The van der Waals surface area contributed by atoms with E-state index >= 15 is 0 Å². The lowest BCUT2D eigenvalue weighted by atomic mass is 10.1. The molecule has 3 unspecified atom stereocenters. The van der Waals surface area contributed by atoms with Gasteiger partial charge in [-0.05, 0) is 25.8 Å². The summed E-state index contributed by atoms with van der Waals surface area (Å²) in [4.78, 5) is 47.4. The van der Waals surface area contributed by atoms with E-state index in [1.165, 1.54) is 22.9 Å². The van der Waals surface area contributed by atoms with E-state index in [1.807, 2.05) is 12.2 Å². The second kappa shape index (κ2) is 8.07. The Morgan fingerprint density at radius 3 is 2.90 bits per heavy atom. The van der Waals surface area contributed by atoms with E-state index in [2.05, 4.69) is 19.8 Å². The summed E-state index contributed by atoms with van der Waals surface area (Å²) in [5, 5.41) is 15.2. The number of carbonyl (C=O) groups is 3. The minimum absolute atomic E-state index is 0.0123. The molecule has 30 heavy (non-hydrogen) atoms. The van der Waals surface area contributed by atoms with Crippen LogP contribution in [0.2, 0.25) is 0 Å². The fourth-order valence-corrected chi connectivity index (χ4v) is 5.00. The lowest BCUT2D eigenvalue weighted by Gasteiger charge is -2.48. The lowest BCUT2D eigenvalue weighted by molar-refractivity contribution is -0.144. The molecule has 158 valence electrons. The first kappa shape index (κ1) is 20.3. The molecule has 3 aliphatic rings. The van der Waals surface area contributed by atoms with Crippen molar-refractivity contribution in [2.45, 2.75) is 42.5 Å². The zero-order valence-electron chi connectivity index (χ0n) is 15.7. The summed E-state index contributed by atoms with van der Waals surface area (Å²) in [6.07, 6.45) is 6.49. The summed E-state index contributed by atoms with van der Waals surface area (Å²) >= 11 is 2.20. The number of amides is 2. The minimum Gasteiger partial charge on any atom is -0.478 e. The number of fused-ring (bicyclic) bond motifs is 1. The Kier molecular flexibility index (Phi) is 5.47. The summed E-state index contributed by atoms with van der Waals surface area (Å²) < 4.78 is 4.02. The van der Waals surface area contributed by atoms with E-state index in [0.29, 0.717) is 0 Å². The maximum atomic E-state index is 12.9. The van der Waals surface area contributed by atoms with Crippen molar-refractivity contribution in [3.8, 4) is 0 Å². The average molecular weight is 451 g/mol. The van der Waals surface area contributed by atoms with Gasteiger partial charge in [-0.3, -0.25) is 9.59 Å². The van der Waals surface area contributed by atoms with Gasteiger partial charge in [0.25, 0.3) is 11.8 Å². The number of nitrogens with two attached hydrogens (primary N) is 1. The molecule has 13 heteroatoms. The highest BCUT2D eigenvalue weighted by atomic mass is 32.2. The summed E-state index contributed by atoms with van der Waals surface area (Å²) in [5.41, 5.74) is 5.58. The molecule has 4 N–H and O–H groups in total. The number of rotatable bonds is 6. The molecule has 0 saturated carbocycles. The molecule has 1 saturated heterocycles. The smallest absolute Gasteiger partial charge is 0.334 e. The van der Waals surface area contributed by atoms with Crippen LogP contribution < -0.4 is 11.1 Å². The standard InChI is InChI=1S/C17H18N6O5S2/c1-7-9(16(26)27)6-23-14(25)11(15(23)29-7)19-13(24)10(12-20-17(18)30-22-12)21-28-8-4-2-3-5-8/h2,4,6-8,11,15H,3,5H2,1H3,(H,19,24)(H,26,27)(H2,18,20,22)/t7?,8?,11?,15-/m1/s1. The second-order valence-electron chi connectivity index (χ2n) is 6.80. The fraction of sp³-hybridized carbons (Fsp3) is 0.412. The van der Waals surface area contributed by atoms with Crippen molar-refractivity contribution < 1.29 is 24.3 Å². The molecule has 1 fully saturated rings. The monoisotopic (exact) mass is 450 g/mol. The molecule has 2 amide bonds. The molecule has 0 radical (unpaired) electrons. The number of thioether (sulfide) groups is 1. The van der Waals surface area contributed by atoms with Crippen LogP contribution in [0.5, 0.6) is 0 Å². The number of hydrogen-bond donors (Lipinski definition) is 3. The van der Waals surface area contributed by atoms with Crippen LogP contribution in [0.4, 0.5) is 5.13 Å². The van der Waals surface area contributed by atoms with E-state index in [0.717, 1.165) is 24.4 Å². The Balaban J connectivity index is 1.50. The summed E-state index contributed by atoms with van der Waals surface area (Å²) in [6, 6.07) is -0.830. The van der Waals surface area contributed by atoms with Gasteiger partial charge < -0.3 is 25.9 Å². The van der Waals surface area contributed by atoms with Crippen molar-refractivity contribution in [2.24, 2.45) is 5.16 Å². The summed E-state index contributed by atoms with van der Waals surface area (Å²) in [6.45, 7) is 1.74. The zero-order valence-corrected chi connectivity index (χ0v) is 17.4. The lowest BCUT2D eigenvalue weighted by Crippen LogP contribution is -2.69. The molecule has 1 aliphatic carbocycles. The molecule has 4 atom stereocenters. The number of aliphatic carboxylic acids is 1. The Labute approximate surface area is 179 Å². The third-order valence-electron chi connectivity index (χ3n) is 4.79. The van der Waals surface area contributed by atoms with E-state index in [-0.39, 0.29) is 33.6 Å². The van der Waals surface area contributed by atoms with Gasteiger partial charge in [-0.25, -0.2) is 4.79 Å². The Morgan fingerprint density at radius 2 is 2.27 bits per heavy atom. The highest BCUT2D eigenvalue weighted by Gasteiger charge is 2.52. The van der Waals surface area contributed by atoms with E-state index < -0.39 is 29.2 Å². The summed E-state index contributed by atoms with van der Waals surface area (Å²) in [5.74, 6) is -2.14. The molecule has 4 rings (SSSR count). The van der Waals surface area contributed by atoms with E-state index in [4.69, 9.17) is 10.6 Å². The second-order valence-corrected chi connectivity index (χ2v) is 9.05. The number of carbonyl (C=O) groups excluding carboxylic acids is 2. The molecular formula is C17H18N6O5S2. The molecule has 2 aliphatic heterocycles. The Bertz CT molecular complexity index is 989. The molecule has 0 aromatic carbocycles. The van der Waals surface area contributed by atoms with Crippen LogP contribution in [0.3, 0.4) is 0 Å². The average Bonchev–Trinajstić information content (AvgIpc) is 3.37. The van der Waals surface area contributed by atoms with Crippen LogP contribution in [0.15, 0.2) is 29.1 Å². The third kappa shape index (κ3) is 3.77. The molecule has 3 heterocycles. The number of nitrogens with one attached hydrogen (secondary N) is 1. The van der Waals surface area contributed by atoms with Crippen LogP contribution >= 0.6 is 23.3 Å². The van der Waals surface area contributed by atoms with Gasteiger partial charge in [0, 0.05) is 23.0 Å². The maximum absolute atomic E-state index is 12.9. The van der Waals surface area contributed by atoms with Gasteiger partial charge in [0.15, 0.2) is 5.13 Å². The topological polar surface area (TPSA) is 160 Å². The SMILES string of the molecule is CC1S[C@@H]2C(NC(=O)C(=NOC3C=CCC3)c3nsc(N)n3)C(=O)N2C=C1C(=O)O. The highest BCUT2D eigenvalue weighted by Crippen LogP contribution is 2.40. The molecule has 0 spiro atoms. The molecule has 0 bridgehead atoms. The van der Waals surface area contributed by atoms with Crippen molar-refractivity contribution in [1.82, 2.24) is 19.6 Å². The quantitative estimate of drug-likeness (QED) is 0.240. The number of nitrogen functional groups attached to an aromatic ring is 1. The van der Waals surface area contributed by atoms with Crippen molar-refractivity contribution in [3.63, 3.8) is 0 Å². The van der Waals surface area contributed by atoms with Gasteiger partial charge in [0.1, 0.15) is 17.5 Å². The number of hydrogen-bond acceptors (Lipinski definition) is 10. The fourth-order valence-electron chi connectivity index (χ4n) is 3.20. The number of oxime groups is 1. The number of β-lactam (4-membered cyclic amide) rings is 1. The van der Waals surface area contributed by atoms with Crippen molar-refractivity contribution in [3.05, 3.63) is 29.7 Å². The predicted octanol–water partition coefficient (Wildman–Crippen LogP) is 0.317. The molecule has 1 aromatic rings. The predicted molar refractivity (Wildman–Crippen MR) is 109 cm³/mol. The maximum Gasteiger partial charge on any atom is 0.334 e. The third-order valence-corrected chi connectivity index (χ3v) is 6.77. The Morgan fingerprint density at radius 1 is 1.47 bits per heavy atom. The van der Waals surface area contributed by atoms with E-state index in [9.17, 15) is 19.5 Å². The highest BCUT2D eigenvalue weighted by molar-refractivity contribution is 8.00. The van der Waals surface area contributed by atoms with Gasteiger partial charge >= 0.3 is 5.97 Å². The van der Waals surface area contributed by atoms with Crippen LogP contribution in [0.25, 0.3) is 0 Å². The number of nitrogens with zero attached hydrogens (tertiary/aromatic N) is 4. The minimum atomic E-state index is -1.08. The number of aromatic nitrogens is 2. The number of allylic oxidation sites excluding steroid dienone is 1. The van der Waals surface area contributed by atoms with Gasteiger partial charge in [0.05, 0.1) is 5.57 Å². The molecule has 11 nitrogen and oxygen atoms in total. The zero-order chi connectivity index (χ0) is 21.4. The van der Waals surface area contributed by atoms with Gasteiger partial charge in [-0.1, -0.05) is 11.2 Å². The molecule has 1 aromatic heterocycles. The normalized spacial score (nSPS) is 27.9. The van der Waals surface area contributed by atoms with Crippen LogP contribution in [0, 0.1) is 0 Å². The first-order chi connectivity index (χ1) is 14.3. The largest absolute Gasteiger partial charge is 0.478 e.